The summed E-state index contributed by atoms with van der Waals surface area (Å²) in [6, 6.07) is 9.15. The van der Waals surface area contributed by atoms with E-state index in [-0.39, 0.29) is 16.6 Å². The third kappa shape index (κ3) is 2.29. The van der Waals surface area contributed by atoms with Crippen molar-refractivity contribution in [3.8, 4) is 0 Å². The molecule has 1 N–H and O–H groups in total. The molecule has 1 amide bonds. The van der Waals surface area contributed by atoms with Crippen LogP contribution in [0, 0.1) is 5.92 Å². The van der Waals surface area contributed by atoms with Crippen molar-refractivity contribution in [2.45, 2.75) is 37.6 Å². The molecule has 3 atom stereocenters. The lowest BCUT2D eigenvalue weighted by molar-refractivity contribution is -0.302. The SMILES string of the molecule is CC1=NN(C(=O)[C@H]2C[C@@H]2c2ccccc2)[C@@](O)(C(F)(F)F)C1. The van der Waals surface area contributed by atoms with Gasteiger partial charge in [0.1, 0.15) is 0 Å². The highest BCUT2D eigenvalue weighted by Gasteiger charge is 2.64. The molecule has 1 aliphatic heterocycles. The molecule has 0 spiro atoms. The number of carbonyl (C=O) groups is 1. The van der Waals surface area contributed by atoms with E-state index in [1.165, 1.54) is 6.92 Å². The maximum atomic E-state index is 13.1. The van der Waals surface area contributed by atoms with Gasteiger partial charge in [-0.25, -0.2) is 0 Å². The Kier molecular flexibility index (Phi) is 3.28. The number of hydrogen-bond acceptors (Lipinski definition) is 3. The predicted molar refractivity (Wildman–Crippen MR) is 72.9 cm³/mol. The van der Waals surface area contributed by atoms with Crippen molar-refractivity contribution in [1.82, 2.24) is 5.01 Å². The standard InChI is InChI=1S/C15H15F3N2O2/c1-9-8-14(22,15(16,17)18)20(19-9)13(21)12-7-11(12)10-5-3-2-4-6-10/h2-6,11-12,22H,7-8H2,1H3/t11-,12+,14+/m1/s1. The van der Waals surface area contributed by atoms with Crippen LogP contribution in [-0.2, 0) is 4.79 Å². The fraction of sp³-hybridized carbons (Fsp3) is 0.467. The molecular formula is C15H15F3N2O2. The first-order valence-electron chi connectivity index (χ1n) is 6.96. The fourth-order valence-corrected chi connectivity index (χ4v) is 2.87. The number of halogens is 3. The van der Waals surface area contributed by atoms with Crippen LogP contribution in [0.3, 0.4) is 0 Å². The lowest BCUT2D eigenvalue weighted by Crippen LogP contribution is -2.57. The molecule has 0 bridgehead atoms. The van der Waals surface area contributed by atoms with E-state index in [1.807, 2.05) is 30.3 Å². The third-order valence-electron chi connectivity index (χ3n) is 4.12. The van der Waals surface area contributed by atoms with Gasteiger partial charge in [0.05, 0.1) is 0 Å². The van der Waals surface area contributed by atoms with E-state index in [0.717, 1.165) is 5.56 Å². The van der Waals surface area contributed by atoms with Gasteiger partial charge in [-0.05, 0) is 24.8 Å². The van der Waals surface area contributed by atoms with Crippen LogP contribution >= 0.6 is 0 Å². The second-order valence-electron chi connectivity index (χ2n) is 5.84. The highest BCUT2D eigenvalue weighted by Crippen LogP contribution is 2.51. The molecule has 0 saturated heterocycles. The third-order valence-corrected chi connectivity index (χ3v) is 4.12. The predicted octanol–water partition coefficient (Wildman–Crippen LogP) is 2.65. The molecule has 0 unspecified atom stereocenters. The summed E-state index contributed by atoms with van der Waals surface area (Å²) in [5.74, 6) is -1.45. The molecule has 0 aromatic heterocycles. The lowest BCUT2D eigenvalue weighted by Gasteiger charge is -2.32. The van der Waals surface area contributed by atoms with Gasteiger partial charge in [-0.3, -0.25) is 4.79 Å². The molecule has 1 fully saturated rings. The fourth-order valence-electron chi connectivity index (χ4n) is 2.87. The quantitative estimate of drug-likeness (QED) is 0.913. The first kappa shape index (κ1) is 15.0. The highest BCUT2D eigenvalue weighted by molar-refractivity contribution is 5.91. The van der Waals surface area contributed by atoms with Crippen molar-refractivity contribution < 1.29 is 23.1 Å². The van der Waals surface area contributed by atoms with E-state index in [1.54, 1.807) is 0 Å². The molecule has 1 heterocycles. The Morgan fingerprint density at radius 1 is 1.36 bits per heavy atom. The van der Waals surface area contributed by atoms with E-state index in [9.17, 15) is 23.1 Å². The van der Waals surface area contributed by atoms with E-state index in [4.69, 9.17) is 0 Å². The molecule has 118 valence electrons. The van der Waals surface area contributed by atoms with E-state index < -0.39 is 30.1 Å². The zero-order chi connectivity index (χ0) is 16.1. The summed E-state index contributed by atoms with van der Waals surface area (Å²) in [4.78, 5) is 12.4. The Hall–Kier alpha value is -1.89. The Balaban J connectivity index is 1.81. The van der Waals surface area contributed by atoms with Gasteiger partial charge in [-0.1, -0.05) is 30.3 Å². The molecule has 3 rings (SSSR count). The van der Waals surface area contributed by atoms with Crippen LogP contribution < -0.4 is 0 Å². The van der Waals surface area contributed by atoms with Gasteiger partial charge in [0, 0.05) is 18.1 Å². The first-order chi connectivity index (χ1) is 10.2. The number of hydrogen-bond donors (Lipinski definition) is 1. The monoisotopic (exact) mass is 312 g/mol. The molecular weight excluding hydrogens is 297 g/mol. The average Bonchev–Trinajstić information content (AvgIpc) is 3.18. The van der Waals surface area contributed by atoms with Crippen molar-refractivity contribution in [3.63, 3.8) is 0 Å². The number of nitrogens with zero attached hydrogens (tertiary/aromatic N) is 2. The summed E-state index contributed by atoms with van der Waals surface area (Å²) in [5.41, 5.74) is -2.22. The van der Waals surface area contributed by atoms with E-state index in [2.05, 4.69) is 5.10 Å². The summed E-state index contributed by atoms with van der Waals surface area (Å²) in [5, 5.41) is 13.8. The molecule has 1 saturated carbocycles. The highest BCUT2D eigenvalue weighted by atomic mass is 19.4. The summed E-state index contributed by atoms with van der Waals surface area (Å²) in [7, 11) is 0. The maximum absolute atomic E-state index is 13.1. The topological polar surface area (TPSA) is 52.9 Å². The van der Waals surface area contributed by atoms with Crippen LogP contribution in [0.2, 0.25) is 0 Å². The van der Waals surface area contributed by atoms with Crippen LogP contribution in [0.1, 0.15) is 31.2 Å². The van der Waals surface area contributed by atoms with Crippen molar-refractivity contribution in [2.75, 3.05) is 0 Å². The minimum atomic E-state index is -4.94. The second-order valence-corrected chi connectivity index (χ2v) is 5.84. The number of rotatable bonds is 2. The molecule has 1 aromatic carbocycles. The molecule has 0 radical (unpaired) electrons. The molecule has 1 aliphatic carbocycles. The number of hydrazone groups is 1. The summed E-state index contributed by atoms with van der Waals surface area (Å²) in [6.07, 6.45) is -5.17. The van der Waals surface area contributed by atoms with Crippen molar-refractivity contribution in [3.05, 3.63) is 35.9 Å². The summed E-state index contributed by atoms with van der Waals surface area (Å²) in [6.45, 7) is 1.37. The van der Waals surface area contributed by atoms with Gasteiger partial charge < -0.3 is 5.11 Å². The van der Waals surface area contributed by atoms with Gasteiger partial charge in [0.2, 0.25) is 5.91 Å². The number of alkyl halides is 3. The van der Waals surface area contributed by atoms with Crippen LogP contribution in [-0.4, -0.2) is 33.6 Å². The molecule has 22 heavy (non-hydrogen) atoms. The largest absolute Gasteiger partial charge is 0.438 e. The first-order valence-corrected chi connectivity index (χ1v) is 6.96. The summed E-state index contributed by atoms with van der Waals surface area (Å²) >= 11 is 0. The lowest BCUT2D eigenvalue weighted by atomic mass is 10.1. The average molecular weight is 312 g/mol. The van der Waals surface area contributed by atoms with Crippen LogP contribution in [0.4, 0.5) is 13.2 Å². The molecule has 7 heteroatoms. The maximum Gasteiger partial charge on any atom is 0.438 e. The Labute approximate surface area is 125 Å². The number of amides is 1. The Morgan fingerprint density at radius 3 is 2.59 bits per heavy atom. The van der Waals surface area contributed by atoms with Crippen molar-refractivity contribution in [2.24, 2.45) is 11.0 Å². The van der Waals surface area contributed by atoms with Crippen LogP contribution in [0.5, 0.6) is 0 Å². The normalized spacial score (nSPS) is 31.1. The van der Waals surface area contributed by atoms with Crippen molar-refractivity contribution >= 4 is 11.6 Å². The molecule has 2 aliphatic rings. The van der Waals surface area contributed by atoms with E-state index >= 15 is 0 Å². The molecule has 4 nitrogen and oxygen atoms in total. The number of carbonyl (C=O) groups excluding carboxylic acids is 1. The Bertz CT molecular complexity index is 629. The van der Waals surface area contributed by atoms with E-state index in [0.29, 0.717) is 6.42 Å². The summed E-state index contributed by atoms with van der Waals surface area (Å²) < 4.78 is 39.3. The van der Waals surface area contributed by atoms with Crippen LogP contribution in [0.25, 0.3) is 0 Å². The van der Waals surface area contributed by atoms with Crippen LogP contribution in [0.15, 0.2) is 35.4 Å². The molecule has 1 aromatic rings. The Morgan fingerprint density at radius 2 is 2.00 bits per heavy atom. The minimum absolute atomic E-state index is 0.0880. The van der Waals surface area contributed by atoms with Gasteiger partial charge in [-0.15, -0.1) is 0 Å². The van der Waals surface area contributed by atoms with Crippen molar-refractivity contribution in [1.29, 1.82) is 0 Å². The minimum Gasteiger partial charge on any atom is -0.362 e. The van der Waals surface area contributed by atoms with Gasteiger partial charge in [0.15, 0.2) is 0 Å². The zero-order valence-corrected chi connectivity index (χ0v) is 11.8. The number of benzene rings is 1. The van der Waals surface area contributed by atoms with Gasteiger partial charge >= 0.3 is 6.18 Å². The van der Waals surface area contributed by atoms with Gasteiger partial charge in [0.25, 0.3) is 5.72 Å². The zero-order valence-electron chi connectivity index (χ0n) is 11.8. The number of aliphatic hydroxyl groups is 1. The smallest absolute Gasteiger partial charge is 0.362 e. The van der Waals surface area contributed by atoms with Gasteiger partial charge in [-0.2, -0.15) is 23.3 Å². The second kappa shape index (κ2) is 4.81.